The number of hydrogen-bond acceptors (Lipinski definition) is 4. The summed E-state index contributed by atoms with van der Waals surface area (Å²) in [5, 5.41) is 11.1. The molecule has 0 aliphatic rings. The molecule has 2 rings (SSSR count). The van der Waals surface area contributed by atoms with Crippen molar-refractivity contribution in [3.05, 3.63) is 59.1 Å². The summed E-state index contributed by atoms with van der Waals surface area (Å²) in [6.45, 7) is 0. The fourth-order valence-corrected chi connectivity index (χ4v) is 2.71. The highest BCUT2D eigenvalue weighted by Crippen LogP contribution is 2.18. The van der Waals surface area contributed by atoms with Gasteiger partial charge >= 0.3 is 0 Å². The van der Waals surface area contributed by atoms with E-state index in [1.807, 2.05) is 0 Å². The number of sulfonamides is 1. The van der Waals surface area contributed by atoms with Crippen molar-refractivity contribution in [1.82, 2.24) is 0 Å². The van der Waals surface area contributed by atoms with Crippen molar-refractivity contribution in [2.45, 2.75) is 4.90 Å². The molecule has 0 heterocycles. The first kappa shape index (κ1) is 14.4. The van der Waals surface area contributed by atoms with E-state index >= 15 is 0 Å². The Morgan fingerprint density at radius 3 is 2.35 bits per heavy atom. The normalized spacial score (nSPS) is 11.1. The summed E-state index contributed by atoms with van der Waals surface area (Å²) in [4.78, 5) is 10.8. The number of carboxylic acid groups (broad SMARTS) is 1. The monoisotopic (exact) mass is 310 g/mol. The van der Waals surface area contributed by atoms with Crippen molar-refractivity contribution in [1.29, 1.82) is 0 Å². The average Bonchev–Trinajstić information content (AvgIpc) is 2.39. The van der Waals surface area contributed by atoms with Gasteiger partial charge in [-0.05, 0) is 42.0 Å². The van der Waals surface area contributed by atoms with Crippen molar-refractivity contribution in [2.75, 3.05) is 4.72 Å². The van der Waals surface area contributed by atoms with E-state index in [0.29, 0.717) is 5.02 Å². The fourth-order valence-electron chi connectivity index (χ4n) is 1.54. The predicted octanol–water partition coefficient (Wildman–Crippen LogP) is 1.50. The van der Waals surface area contributed by atoms with Crippen LogP contribution in [0.1, 0.15) is 10.4 Å². The van der Waals surface area contributed by atoms with Crippen LogP contribution < -0.4 is 9.83 Å². The molecular formula is C13H9ClNO4S-. The number of nitrogens with one attached hydrogen (secondary N) is 1. The number of carbonyl (C=O) groups is 1. The van der Waals surface area contributed by atoms with Crippen LogP contribution in [0.15, 0.2) is 53.4 Å². The van der Waals surface area contributed by atoms with E-state index < -0.39 is 16.0 Å². The van der Waals surface area contributed by atoms with Gasteiger partial charge in [0.15, 0.2) is 0 Å². The van der Waals surface area contributed by atoms with Gasteiger partial charge in [0, 0.05) is 10.7 Å². The van der Waals surface area contributed by atoms with E-state index in [1.165, 1.54) is 48.5 Å². The summed E-state index contributed by atoms with van der Waals surface area (Å²) < 4.78 is 26.4. The zero-order valence-electron chi connectivity index (χ0n) is 10.0. The Labute approximate surface area is 120 Å². The van der Waals surface area contributed by atoms with Crippen LogP contribution in [-0.4, -0.2) is 14.4 Å². The molecule has 2 aromatic rings. The maximum absolute atomic E-state index is 12.1. The third-order valence-electron chi connectivity index (χ3n) is 2.47. The van der Waals surface area contributed by atoms with Crippen LogP contribution in [-0.2, 0) is 10.0 Å². The largest absolute Gasteiger partial charge is 0.545 e. The molecule has 0 unspecified atom stereocenters. The number of halogens is 1. The first-order valence-corrected chi connectivity index (χ1v) is 7.34. The summed E-state index contributed by atoms with van der Waals surface area (Å²) in [5.74, 6) is -1.38. The van der Waals surface area contributed by atoms with Crippen molar-refractivity contribution < 1.29 is 18.3 Å². The Bertz CT molecular complexity index is 741. The second-order valence-electron chi connectivity index (χ2n) is 3.93. The van der Waals surface area contributed by atoms with Crippen molar-refractivity contribution in [2.24, 2.45) is 0 Å². The molecule has 20 heavy (non-hydrogen) atoms. The molecule has 5 nitrogen and oxygen atoms in total. The molecule has 0 aliphatic heterocycles. The Hall–Kier alpha value is -2.05. The summed E-state index contributed by atoms with van der Waals surface area (Å²) in [6, 6.07) is 11.0. The van der Waals surface area contributed by atoms with Crippen LogP contribution in [0.4, 0.5) is 5.69 Å². The maximum atomic E-state index is 12.1. The molecule has 0 bridgehead atoms. The van der Waals surface area contributed by atoms with Gasteiger partial charge in [-0.1, -0.05) is 23.7 Å². The van der Waals surface area contributed by atoms with Gasteiger partial charge in [0.05, 0.1) is 10.9 Å². The molecule has 7 heteroatoms. The lowest BCUT2D eigenvalue weighted by Gasteiger charge is -2.10. The van der Waals surface area contributed by atoms with Gasteiger partial charge in [0.1, 0.15) is 0 Å². The number of aromatic carboxylic acids is 1. The second-order valence-corrected chi connectivity index (χ2v) is 6.05. The predicted molar refractivity (Wildman–Crippen MR) is 73.0 cm³/mol. The third kappa shape index (κ3) is 3.28. The fraction of sp³-hybridized carbons (Fsp3) is 0. The summed E-state index contributed by atoms with van der Waals surface area (Å²) in [7, 11) is -3.79. The zero-order valence-corrected chi connectivity index (χ0v) is 11.6. The van der Waals surface area contributed by atoms with Crippen LogP contribution in [0.3, 0.4) is 0 Å². The number of rotatable bonds is 4. The van der Waals surface area contributed by atoms with E-state index in [1.54, 1.807) is 0 Å². The average molecular weight is 311 g/mol. The Balaban J connectivity index is 2.31. The molecule has 0 atom stereocenters. The highest BCUT2D eigenvalue weighted by atomic mass is 35.5. The molecule has 1 N–H and O–H groups in total. The van der Waals surface area contributed by atoms with E-state index in [4.69, 9.17) is 11.6 Å². The minimum Gasteiger partial charge on any atom is -0.545 e. The lowest BCUT2D eigenvalue weighted by Crippen LogP contribution is -2.22. The lowest BCUT2D eigenvalue weighted by atomic mass is 10.2. The molecular weight excluding hydrogens is 302 g/mol. The molecule has 0 amide bonds. The Kier molecular flexibility index (Phi) is 3.96. The van der Waals surface area contributed by atoms with Gasteiger partial charge in [-0.2, -0.15) is 0 Å². The van der Waals surface area contributed by atoms with Gasteiger partial charge < -0.3 is 9.90 Å². The van der Waals surface area contributed by atoms with Crippen LogP contribution in [0, 0.1) is 0 Å². The van der Waals surface area contributed by atoms with Gasteiger partial charge in [-0.25, -0.2) is 8.42 Å². The molecule has 0 aromatic heterocycles. The van der Waals surface area contributed by atoms with E-state index in [2.05, 4.69) is 4.72 Å². The quantitative estimate of drug-likeness (QED) is 0.927. The molecule has 0 saturated heterocycles. The zero-order chi connectivity index (χ0) is 14.8. The number of anilines is 1. The number of carbonyl (C=O) groups excluding carboxylic acids is 1. The maximum Gasteiger partial charge on any atom is 0.261 e. The highest BCUT2D eigenvalue weighted by Gasteiger charge is 2.14. The van der Waals surface area contributed by atoms with Crippen LogP contribution in [0.5, 0.6) is 0 Å². The highest BCUT2D eigenvalue weighted by molar-refractivity contribution is 7.92. The molecule has 0 fully saturated rings. The molecule has 2 aromatic carbocycles. The smallest absolute Gasteiger partial charge is 0.261 e. The van der Waals surface area contributed by atoms with Crippen LogP contribution in [0.25, 0.3) is 0 Å². The van der Waals surface area contributed by atoms with Crippen molar-refractivity contribution >= 4 is 33.3 Å². The van der Waals surface area contributed by atoms with Crippen LogP contribution >= 0.6 is 11.6 Å². The number of benzene rings is 2. The molecule has 0 saturated carbocycles. The van der Waals surface area contributed by atoms with Gasteiger partial charge in [-0.15, -0.1) is 0 Å². The molecule has 0 radical (unpaired) electrons. The Morgan fingerprint density at radius 1 is 1.10 bits per heavy atom. The standard InChI is InChI=1S/C13H10ClNO4S/c14-10-4-6-12(7-5-10)20(18,19)15-11-3-1-2-9(8-11)13(16)17/h1-8,15H,(H,16,17)/p-1. The topological polar surface area (TPSA) is 86.3 Å². The van der Waals surface area contributed by atoms with Crippen LogP contribution in [0.2, 0.25) is 5.02 Å². The summed E-state index contributed by atoms with van der Waals surface area (Å²) in [5.41, 5.74) is 0.0305. The number of carboxylic acids is 1. The third-order valence-corrected chi connectivity index (χ3v) is 4.12. The molecule has 0 spiro atoms. The van der Waals surface area contributed by atoms with E-state index in [0.717, 1.165) is 0 Å². The SMILES string of the molecule is O=C([O-])c1cccc(NS(=O)(=O)c2ccc(Cl)cc2)c1. The van der Waals surface area contributed by atoms with Crippen molar-refractivity contribution in [3.8, 4) is 0 Å². The first-order valence-electron chi connectivity index (χ1n) is 5.48. The van der Waals surface area contributed by atoms with Crippen molar-refractivity contribution in [3.63, 3.8) is 0 Å². The summed E-state index contributed by atoms with van der Waals surface area (Å²) in [6.07, 6.45) is 0. The second kappa shape index (κ2) is 5.52. The lowest BCUT2D eigenvalue weighted by molar-refractivity contribution is -0.255. The number of hydrogen-bond donors (Lipinski definition) is 1. The minimum atomic E-state index is -3.79. The van der Waals surface area contributed by atoms with E-state index in [9.17, 15) is 18.3 Å². The minimum absolute atomic E-state index is 0.0285. The van der Waals surface area contributed by atoms with Gasteiger partial charge in [0.2, 0.25) is 0 Å². The van der Waals surface area contributed by atoms with E-state index in [-0.39, 0.29) is 16.1 Å². The Morgan fingerprint density at radius 2 is 1.75 bits per heavy atom. The van der Waals surface area contributed by atoms with Gasteiger partial charge in [0.25, 0.3) is 10.0 Å². The molecule has 104 valence electrons. The molecule has 0 aliphatic carbocycles. The van der Waals surface area contributed by atoms with Gasteiger partial charge in [-0.3, -0.25) is 4.72 Å². The summed E-state index contributed by atoms with van der Waals surface area (Å²) >= 11 is 5.69. The first-order chi connectivity index (χ1) is 9.38.